The second kappa shape index (κ2) is 9.75. The topological polar surface area (TPSA) is 59.8 Å². The summed E-state index contributed by atoms with van der Waals surface area (Å²) in [7, 11) is 1.88. The Hall–Kier alpha value is -2.31. The maximum atomic E-state index is 12.5. The van der Waals surface area contributed by atoms with Crippen LogP contribution in [-0.4, -0.2) is 26.4 Å². The van der Waals surface area contributed by atoms with Gasteiger partial charge in [0.15, 0.2) is 11.0 Å². The molecule has 1 amide bonds. The van der Waals surface area contributed by atoms with Gasteiger partial charge in [-0.25, -0.2) is 0 Å². The molecule has 1 heterocycles. The molecule has 1 atom stereocenters. The molecule has 146 valence electrons. The molecule has 0 saturated heterocycles. The fraction of sp³-hybridized carbons (Fsp3) is 0.286. The summed E-state index contributed by atoms with van der Waals surface area (Å²) in [6, 6.07) is 17.6. The summed E-state index contributed by atoms with van der Waals surface area (Å²) >= 11 is 7.63. The van der Waals surface area contributed by atoms with E-state index in [1.807, 2.05) is 66.2 Å². The van der Waals surface area contributed by atoms with Gasteiger partial charge in [0.05, 0.1) is 16.8 Å². The minimum absolute atomic E-state index is 0.0189. The second-order valence-corrected chi connectivity index (χ2v) is 7.80. The van der Waals surface area contributed by atoms with Crippen LogP contribution >= 0.6 is 23.4 Å². The Balaban J connectivity index is 1.64. The number of carbonyl (C=O) groups excluding carboxylic acids is 1. The molecule has 0 aliphatic rings. The molecule has 0 aliphatic carbocycles. The highest BCUT2D eigenvalue weighted by Crippen LogP contribution is 2.28. The van der Waals surface area contributed by atoms with Crippen molar-refractivity contribution in [3.8, 4) is 11.4 Å². The Morgan fingerprint density at radius 1 is 1.14 bits per heavy atom. The Labute approximate surface area is 174 Å². The molecular formula is C21H23ClN4OS. The summed E-state index contributed by atoms with van der Waals surface area (Å²) in [5.74, 6) is 0.943. The minimum atomic E-state index is -0.0189. The predicted molar refractivity (Wildman–Crippen MR) is 114 cm³/mol. The number of carbonyl (C=O) groups is 1. The quantitative estimate of drug-likeness (QED) is 0.533. The lowest BCUT2D eigenvalue weighted by atomic mass is 10.0. The molecule has 1 N–H and O–H groups in total. The van der Waals surface area contributed by atoms with Gasteiger partial charge < -0.3 is 9.88 Å². The summed E-state index contributed by atoms with van der Waals surface area (Å²) in [5.41, 5.74) is 1.95. The maximum absolute atomic E-state index is 12.5. The number of nitrogens with zero attached hydrogens (tertiary/aromatic N) is 3. The SMILES string of the molecule is CCC[C@H](NC(=O)CSc1nnc(-c2ccccc2Cl)n1C)c1ccccc1. The largest absolute Gasteiger partial charge is 0.349 e. The van der Waals surface area contributed by atoms with Crippen LogP contribution in [0.1, 0.15) is 31.4 Å². The Kier molecular flexibility index (Phi) is 7.12. The molecular weight excluding hydrogens is 392 g/mol. The number of hydrogen-bond donors (Lipinski definition) is 1. The monoisotopic (exact) mass is 414 g/mol. The molecule has 2 aromatic carbocycles. The smallest absolute Gasteiger partial charge is 0.230 e. The van der Waals surface area contributed by atoms with Crippen molar-refractivity contribution in [3.05, 3.63) is 65.2 Å². The van der Waals surface area contributed by atoms with Crippen LogP contribution in [0.5, 0.6) is 0 Å². The van der Waals surface area contributed by atoms with Crippen LogP contribution in [0.2, 0.25) is 5.02 Å². The molecule has 0 unspecified atom stereocenters. The number of hydrogen-bond acceptors (Lipinski definition) is 4. The molecule has 0 fully saturated rings. The summed E-state index contributed by atoms with van der Waals surface area (Å²) in [4.78, 5) is 12.5. The average Bonchev–Trinajstić information content (AvgIpc) is 3.07. The van der Waals surface area contributed by atoms with E-state index in [-0.39, 0.29) is 17.7 Å². The van der Waals surface area contributed by atoms with Gasteiger partial charge in [-0.3, -0.25) is 4.79 Å². The lowest BCUT2D eigenvalue weighted by Crippen LogP contribution is -2.30. The van der Waals surface area contributed by atoms with Crippen molar-refractivity contribution >= 4 is 29.3 Å². The Bertz CT molecular complexity index is 929. The van der Waals surface area contributed by atoms with E-state index in [0.29, 0.717) is 16.0 Å². The van der Waals surface area contributed by atoms with E-state index in [0.717, 1.165) is 24.0 Å². The first-order valence-corrected chi connectivity index (χ1v) is 10.6. The van der Waals surface area contributed by atoms with Crippen LogP contribution in [0.4, 0.5) is 0 Å². The van der Waals surface area contributed by atoms with Crippen molar-refractivity contribution in [2.24, 2.45) is 7.05 Å². The molecule has 3 rings (SSSR count). The highest BCUT2D eigenvalue weighted by Gasteiger charge is 2.17. The first kappa shape index (κ1) is 20.4. The third kappa shape index (κ3) is 4.94. The third-order valence-electron chi connectivity index (χ3n) is 4.40. The number of halogens is 1. The minimum Gasteiger partial charge on any atom is -0.349 e. The molecule has 3 aromatic rings. The number of amides is 1. The van der Waals surface area contributed by atoms with Gasteiger partial charge in [-0.2, -0.15) is 0 Å². The third-order valence-corrected chi connectivity index (χ3v) is 5.75. The molecule has 0 aliphatic heterocycles. The number of thioether (sulfide) groups is 1. The van der Waals surface area contributed by atoms with E-state index in [2.05, 4.69) is 22.4 Å². The zero-order valence-electron chi connectivity index (χ0n) is 15.9. The van der Waals surface area contributed by atoms with Crippen molar-refractivity contribution < 1.29 is 4.79 Å². The Morgan fingerprint density at radius 3 is 2.57 bits per heavy atom. The van der Waals surface area contributed by atoms with Crippen molar-refractivity contribution in [1.82, 2.24) is 20.1 Å². The number of aromatic nitrogens is 3. The van der Waals surface area contributed by atoms with Gasteiger partial charge in [-0.15, -0.1) is 10.2 Å². The van der Waals surface area contributed by atoms with Crippen molar-refractivity contribution in [3.63, 3.8) is 0 Å². The maximum Gasteiger partial charge on any atom is 0.230 e. The van der Waals surface area contributed by atoms with Crippen LogP contribution in [0.25, 0.3) is 11.4 Å². The van der Waals surface area contributed by atoms with Gasteiger partial charge in [-0.05, 0) is 24.1 Å². The average molecular weight is 415 g/mol. The van der Waals surface area contributed by atoms with E-state index >= 15 is 0 Å². The second-order valence-electron chi connectivity index (χ2n) is 6.45. The molecule has 0 saturated carbocycles. The van der Waals surface area contributed by atoms with Crippen molar-refractivity contribution in [1.29, 1.82) is 0 Å². The van der Waals surface area contributed by atoms with Gasteiger partial charge in [0.25, 0.3) is 0 Å². The fourth-order valence-electron chi connectivity index (χ4n) is 2.98. The zero-order valence-corrected chi connectivity index (χ0v) is 17.5. The van der Waals surface area contributed by atoms with E-state index in [1.165, 1.54) is 11.8 Å². The summed E-state index contributed by atoms with van der Waals surface area (Å²) in [6.45, 7) is 2.12. The van der Waals surface area contributed by atoms with Gasteiger partial charge in [-0.1, -0.05) is 79.2 Å². The van der Waals surface area contributed by atoms with E-state index in [9.17, 15) is 4.79 Å². The highest BCUT2D eigenvalue weighted by atomic mass is 35.5. The van der Waals surface area contributed by atoms with Crippen molar-refractivity contribution in [2.45, 2.75) is 31.0 Å². The molecule has 0 spiro atoms. The van der Waals surface area contributed by atoms with E-state index < -0.39 is 0 Å². The molecule has 5 nitrogen and oxygen atoms in total. The summed E-state index contributed by atoms with van der Waals surface area (Å²) in [6.07, 6.45) is 1.90. The van der Waals surface area contributed by atoms with Crippen LogP contribution in [-0.2, 0) is 11.8 Å². The van der Waals surface area contributed by atoms with E-state index in [4.69, 9.17) is 11.6 Å². The highest BCUT2D eigenvalue weighted by molar-refractivity contribution is 7.99. The lowest BCUT2D eigenvalue weighted by Gasteiger charge is -2.18. The summed E-state index contributed by atoms with van der Waals surface area (Å²) in [5, 5.41) is 12.9. The standard InChI is InChI=1S/C21H23ClN4OS/c1-3-9-18(15-10-5-4-6-11-15)23-19(27)14-28-21-25-24-20(26(21)2)16-12-7-8-13-17(16)22/h4-8,10-13,18H,3,9,14H2,1-2H3,(H,23,27)/t18-/m0/s1. The zero-order chi connectivity index (χ0) is 19.9. The van der Waals surface area contributed by atoms with Gasteiger partial charge >= 0.3 is 0 Å². The molecule has 28 heavy (non-hydrogen) atoms. The number of rotatable bonds is 8. The van der Waals surface area contributed by atoms with Crippen LogP contribution in [0.15, 0.2) is 59.8 Å². The van der Waals surface area contributed by atoms with Crippen molar-refractivity contribution in [2.75, 3.05) is 5.75 Å². The Morgan fingerprint density at radius 2 is 1.86 bits per heavy atom. The van der Waals surface area contributed by atoms with E-state index in [1.54, 1.807) is 0 Å². The van der Waals surface area contributed by atoms with Crippen LogP contribution in [0.3, 0.4) is 0 Å². The normalized spacial score (nSPS) is 12.0. The summed E-state index contributed by atoms with van der Waals surface area (Å²) < 4.78 is 1.86. The molecule has 7 heteroatoms. The lowest BCUT2D eigenvalue weighted by molar-refractivity contribution is -0.119. The number of benzene rings is 2. The predicted octanol–water partition coefficient (Wildman–Crippen LogP) is 4.89. The molecule has 0 bridgehead atoms. The first-order valence-electron chi connectivity index (χ1n) is 9.21. The molecule has 0 radical (unpaired) electrons. The van der Waals surface area contributed by atoms with Gasteiger partial charge in [0.1, 0.15) is 0 Å². The van der Waals surface area contributed by atoms with Gasteiger partial charge in [0.2, 0.25) is 5.91 Å². The molecule has 1 aromatic heterocycles. The number of nitrogens with one attached hydrogen (secondary N) is 1. The first-order chi connectivity index (χ1) is 13.6. The fourth-order valence-corrected chi connectivity index (χ4v) is 3.92. The van der Waals surface area contributed by atoms with Crippen LogP contribution in [0, 0.1) is 0 Å². The van der Waals surface area contributed by atoms with Gasteiger partial charge in [0, 0.05) is 12.6 Å². The van der Waals surface area contributed by atoms with Crippen LogP contribution < -0.4 is 5.32 Å².